The fourth-order valence-electron chi connectivity index (χ4n) is 1.80. The number of benzene rings is 1. The Morgan fingerprint density at radius 3 is 2.55 bits per heavy atom. The van der Waals surface area contributed by atoms with Crippen LogP contribution in [0.15, 0.2) is 41.4 Å². The van der Waals surface area contributed by atoms with Gasteiger partial charge in [0.15, 0.2) is 0 Å². The molecule has 0 fully saturated rings. The fourth-order valence-corrected chi connectivity index (χ4v) is 2.06. The summed E-state index contributed by atoms with van der Waals surface area (Å²) in [5, 5.41) is 6.16. The molecule has 0 radical (unpaired) electrons. The largest absolute Gasteiger partial charge is 0.444 e. The normalized spacial score (nSPS) is 12.5. The van der Waals surface area contributed by atoms with Crippen molar-refractivity contribution in [1.82, 2.24) is 10.6 Å². The minimum atomic E-state index is -0.470. The number of hydrogen-bond acceptors (Lipinski definition) is 3. The zero-order chi connectivity index (χ0) is 16.6. The summed E-state index contributed by atoms with van der Waals surface area (Å²) in [5.41, 5.74) is 0.733. The van der Waals surface area contributed by atoms with Crippen LogP contribution in [-0.2, 0) is 11.3 Å². The van der Waals surface area contributed by atoms with E-state index in [1.54, 1.807) is 0 Å². The molecule has 5 heteroatoms. The Morgan fingerprint density at radius 1 is 1.36 bits per heavy atom. The second kappa shape index (κ2) is 8.96. The highest BCUT2D eigenvalue weighted by atomic mass is 79.9. The average molecular weight is 369 g/mol. The van der Waals surface area contributed by atoms with E-state index in [0.29, 0.717) is 6.54 Å². The number of halogens is 1. The Hall–Kier alpha value is -1.33. The number of nitrogens with one attached hydrogen (secondary N) is 2. The van der Waals surface area contributed by atoms with Crippen LogP contribution in [0, 0.1) is 0 Å². The van der Waals surface area contributed by atoms with Crippen molar-refractivity contribution < 1.29 is 9.53 Å². The number of alkyl carbamates (subject to hydrolysis) is 1. The summed E-state index contributed by atoms with van der Waals surface area (Å²) in [4.78, 5) is 11.6. The van der Waals surface area contributed by atoms with Gasteiger partial charge in [0, 0.05) is 23.6 Å². The van der Waals surface area contributed by atoms with E-state index in [2.05, 4.69) is 45.3 Å². The molecule has 0 aliphatic heterocycles. The Labute approximate surface area is 141 Å². The van der Waals surface area contributed by atoms with Crippen molar-refractivity contribution in [3.8, 4) is 0 Å². The first-order valence-electron chi connectivity index (χ1n) is 7.37. The summed E-state index contributed by atoms with van der Waals surface area (Å²) in [5.74, 6) is 0. The van der Waals surface area contributed by atoms with E-state index in [1.165, 1.54) is 5.56 Å². The van der Waals surface area contributed by atoms with E-state index in [4.69, 9.17) is 4.74 Å². The molecule has 4 nitrogen and oxygen atoms in total. The molecule has 0 saturated heterocycles. The lowest BCUT2D eigenvalue weighted by Crippen LogP contribution is -2.36. The number of ether oxygens (including phenoxy) is 1. The number of carbonyl (C=O) groups excluding carboxylic acids is 1. The van der Waals surface area contributed by atoms with Crippen molar-refractivity contribution in [1.29, 1.82) is 0 Å². The topological polar surface area (TPSA) is 50.4 Å². The zero-order valence-electron chi connectivity index (χ0n) is 13.5. The second-order valence-corrected chi connectivity index (χ2v) is 6.98. The number of carbonyl (C=O) groups is 1. The van der Waals surface area contributed by atoms with Gasteiger partial charge in [-0.05, 0) is 44.9 Å². The van der Waals surface area contributed by atoms with Gasteiger partial charge >= 0.3 is 6.09 Å². The van der Waals surface area contributed by atoms with Crippen molar-refractivity contribution in [3.63, 3.8) is 0 Å². The van der Waals surface area contributed by atoms with Gasteiger partial charge in [0.2, 0.25) is 0 Å². The van der Waals surface area contributed by atoms with Crippen LogP contribution < -0.4 is 10.6 Å². The molecule has 1 aromatic carbocycles. The predicted molar refractivity (Wildman–Crippen MR) is 93.8 cm³/mol. The summed E-state index contributed by atoms with van der Waals surface area (Å²) < 4.78 is 6.26. The van der Waals surface area contributed by atoms with Crippen molar-refractivity contribution in [2.45, 2.75) is 45.4 Å². The molecule has 1 amide bonds. The zero-order valence-corrected chi connectivity index (χ0v) is 15.1. The summed E-state index contributed by atoms with van der Waals surface area (Å²) >= 11 is 3.42. The highest BCUT2D eigenvalue weighted by Gasteiger charge is 2.15. The highest BCUT2D eigenvalue weighted by molar-refractivity contribution is 9.10. The first-order valence-corrected chi connectivity index (χ1v) is 8.16. The van der Waals surface area contributed by atoms with E-state index in [-0.39, 0.29) is 12.1 Å². The first-order chi connectivity index (χ1) is 10.3. The molecule has 0 heterocycles. The molecule has 2 N–H and O–H groups in total. The molecule has 1 aromatic rings. The molecule has 0 spiro atoms. The van der Waals surface area contributed by atoms with Crippen LogP contribution in [-0.4, -0.2) is 24.3 Å². The molecule has 0 aliphatic rings. The molecule has 0 aromatic heterocycles. The maximum Gasteiger partial charge on any atom is 0.407 e. The summed E-state index contributed by atoms with van der Waals surface area (Å²) in [6, 6.07) is 8.30. The van der Waals surface area contributed by atoms with E-state index in [1.807, 2.05) is 39.0 Å². The minimum absolute atomic E-state index is 0.138. The van der Waals surface area contributed by atoms with Gasteiger partial charge in [-0.3, -0.25) is 0 Å². The van der Waals surface area contributed by atoms with Crippen LogP contribution in [0.2, 0.25) is 0 Å². The van der Waals surface area contributed by atoms with E-state index in [9.17, 15) is 4.79 Å². The Morgan fingerprint density at radius 2 is 2.00 bits per heavy atom. The Bertz CT molecular complexity index is 480. The summed E-state index contributed by atoms with van der Waals surface area (Å²) in [6.45, 7) is 10.7. The number of hydrogen-bond donors (Lipinski definition) is 2. The molecule has 0 saturated carbocycles. The standard InChI is InChI=1S/C17H25BrN2O2/c1-5-15(10-11-19-16(21)22-17(2,3)4)20-12-13-6-8-14(18)9-7-13/h5-9,15,20H,1,10-12H2,2-4H3,(H,19,21)/t15-/m0/s1. The first kappa shape index (κ1) is 18.7. The van der Waals surface area contributed by atoms with E-state index >= 15 is 0 Å². The van der Waals surface area contributed by atoms with Gasteiger partial charge in [0.05, 0.1) is 0 Å². The molecular formula is C17H25BrN2O2. The smallest absolute Gasteiger partial charge is 0.407 e. The Kier molecular flexibility index (Phi) is 7.62. The maximum absolute atomic E-state index is 11.6. The second-order valence-electron chi connectivity index (χ2n) is 6.07. The lowest BCUT2D eigenvalue weighted by molar-refractivity contribution is 0.0526. The molecule has 122 valence electrons. The van der Waals surface area contributed by atoms with Crippen LogP contribution >= 0.6 is 15.9 Å². The van der Waals surface area contributed by atoms with Gasteiger partial charge in [-0.25, -0.2) is 4.79 Å². The van der Waals surface area contributed by atoms with Crippen LogP contribution in [0.5, 0.6) is 0 Å². The lowest BCUT2D eigenvalue weighted by atomic mass is 10.1. The van der Waals surface area contributed by atoms with Crippen LogP contribution in [0.1, 0.15) is 32.8 Å². The monoisotopic (exact) mass is 368 g/mol. The van der Waals surface area contributed by atoms with Crippen LogP contribution in [0.4, 0.5) is 4.79 Å². The molecule has 0 unspecified atom stereocenters. The van der Waals surface area contributed by atoms with Gasteiger partial charge in [-0.2, -0.15) is 0 Å². The van der Waals surface area contributed by atoms with Gasteiger partial charge < -0.3 is 15.4 Å². The quantitative estimate of drug-likeness (QED) is 0.714. The lowest BCUT2D eigenvalue weighted by Gasteiger charge is -2.20. The third kappa shape index (κ3) is 8.20. The average Bonchev–Trinajstić information content (AvgIpc) is 2.42. The van der Waals surface area contributed by atoms with Crippen molar-refractivity contribution in [2.75, 3.05) is 6.54 Å². The van der Waals surface area contributed by atoms with Crippen molar-refractivity contribution >= 4 is 22.0 Å². The summed E-state index contributed by atoms with van der Waals surface area (Å²) in [7, 11) is 0. The third-order valence-electron chi connectivity index (χ3n) is 2.89. The third-order valence-corrected chi connectivity index (χ3v) is 3.42. The van der Waals surface area contributed by atoms with E-state index in [0.717, 1.165) is 17.4 Å². The SMILES string of the molecule is C=C[C@@H](CCNC(=O)OC(C)(C)C)NCc1ccc(Br)cc1. The van der Waals surface area contributed by atoms with Crippen LogP contribution in [0.3, 0.4) is 0 Å². The molecular weight excluding hydrogens is 344 g/mol. The van der Waals surface area contributed by atoms with Crippen LogP contribution in [0.25, 0.3) is 0 Å². The fraction of sp³-hybridized carbons (Fsp3) is 0.471. The minimum Gasteiger partial charge on any atom is -0.444 e. The maximum atomic E-state index is 11.6. The predicted octanol–water partition coefficient (Wildman–Crippen LogP) is 4.01. The van der Waals surface area contributed by atoms with E-state index < -0.39 is 5.60 Å². The van der Waals surface area contributed by atoms with Gasteiger partial charge in [-0.15, -0.1) is 6.58 Å². The van der Waals surface area contributed by atoms with Gasteiger partial charge in [0.1, 0.15) is 5.60 Å². The molecule has 1 rings (SSSR count). The van der Waals surface area contributed by atoms with Crippen molar-refractivity contribution in [2.24, 2.45) is 0 Å². The molecule has 22 heavy (non-hydrogen) atoms. The molecule has 0 aliphatic carbocycles. The number of rotatable bonds is 7. The summed E-state index contributed by atoms with van der Waals surface area (Å²) in [6.07, 6.45) is 2.23. The number of amides is 1. The molecule has 0 bridgehead atoms. The van der Waals surface area contributed by atoms with Gasteiger partial charge in [0.25, 0.3) is 0 Å². The Balaban J connectivity index is 2.29. The highest BCUT2D eigenvalue weighted by Crippen LogP contribution is 2.10. The van der Waals surface area contributed by atoms with Crippen molar-refractivity contribution in [3.05, 3.63) is 47.0 Å². The van der Waals surface area contributed by atoms with Gasteiger partial charge in [-0.1, -0.05) is 34.1 Å². The molecule has 1 atom stereocenters.